The van der Waals surface area contributed by atoms with Crippen LogP contribution in [0.5, 0.6) is 0 Å². The molecule has 2 rings (SSSR count). The maximum absolute atomic E-state index is 11.3. The summed E-state index contributed by atoms with van der Waals surface area (Å²) in [6.45, 7) is 5.07. The molecular weight excluding hydrogens is 228 g/mol. The van der Waals surface area contributed by atoms with E-state index in [1.807, 2.05) is 12.1 Å². The molecule has 1 aliphatic rings. The lowest BCUT2D eigenvalue weighted by Gasteiger charge is -2.25. The highest BCUT2D eigenvalue weighted by molar-refractivity contribution is 5.99. The Kier molecular flexibility index (Phi) is 3.68. The third kappa shape index (κ3) is 3.09. The first kappa shape index (κ1) is 13.1. The molecule has 0 unspecified atom stereocenters. The summed E-state index contributed by atoms with van der Waals surface area (Å²) >= 11 is 0. The number of aliphatic hydroxyl groups is 1. The Morgan fingerprint density at radius 1 is 1.44 bits per heavy atom. The van der Waals surface area contributed by atoms with Crippen LogP contribution in [0.15, 0.2) is 18.2 Å². The Bertz CT molecular complexity index is 455. The molecule has 1 heterocycles. The molecule has 4 nitrogen and oxygen atoms in total. The third-order valence-corrected chi connectivity index (χ3v) is 3.30. The van der Waals surface area contributed by atoms with E-state index in [1.165, 1.54) is 0 Å². The molecule has 0 radical (unpaired) electrons. The van der Waals surface area contributed by atoms with E-state index in [1.54, 1.807) is 0 Å². The van der Waals surface area contributed by atoms with Crippen molar-refractivity contribution in [2.24, 2.45) is 0 Å². The van der Waals surface area contributed by atoms with Crippen LogP contribution in [0.4, 0.5) is 5.69 Å². The van der Waals surface area contributed by atoms with E-state index in [-0.39, 0.29) is 18.1 Å². The monoisotopic (exact) mass is 248 g/mol. The Balaban J connectivity index is 1.99. The van der Waals surface area contributed by atoms with Crippen LogP contribution in [0.3, 0.4) is 0 Å². The molecule has 18 heavy (non-hydrogen) atoms. The normalized spacial score (nSPS) is 14.5. The van der Waals surface area contributed by atoms with Gasteiger partial charge < -0.3 is 15.7 Å². The van der Waals surface area contributed by atoms with E-state index in [9.17, 15) is 4.79 Å². The van der Waals surface area contributed by atoms with Gasteiger partial charge >= 0.3 is 0 Å². The van der Waals surface area contributed by atoms with Gasteiger partial charge in [-0.2, -0.15) is 0 Å². The topological polar surface area (TPSA) is 61.4 Å². The summed E-state index contributed by atoms with van der Waals surface area (Å²) in [6, 6.07) is 6.04. The molecule has 0 spiro atoms. The lowest BCUT2D eigenvalue weighted by atomic mass is 10.0. The highest BCUT2D eigenvalue weighted by Crippen LogP contribution is 2.24. The highest BCUT2D eigenvalue weighted by Gasteiger charge is 2.19. The number of nitrogens with one attached hydrogen (secondary N) is 2. The number of carbonyl (C=O) groups is 1. The van der Waals surface area contributed by atoms with Crippen LogP contribution in [0.2, 0.25) is 0 Å². The van der Waals surface area contributed by atoms with Crippen molar-refractivity contribution in [2.45, 2.75) is 38.8 Å². The Labute approximate surface area is 107 Å². The number of rotatable bonds is 5. The van der Waals surface area contributed by atoms with E-state index >= 15 is 0 Å². The molecule has 0 aromatic heterocycles. The number of amides is 1. The quantitative estimate of drug-likeness (QED) is 0.738. The molecule has 0 bridgehead atoms. The van der Waals surface area contributed by atoms with Gasteiger partial charge in [0.05, 0.1) is 6.42 Å². The zero-order valence-electron chi connectivity index (χ0n) is 10.9. The van der Waals surface area contributed by atoms with Gasteiger partial charge in [0.25, 0.3) is 0 Å². The molecule has 1 amide bonds. The number of fused-ring (bicyclic) bond motifs is 1. The first-order chi connectivity index (χ1) is 8.50. The third-order valence-electron chi connectivity index (χ3n) is 3.30. The minimum atomic E-state index is -0.0815. The average Bonchev–Trinajstić information content (AvgIpc) is 2.65. The zero-order chi connectivity index (χ0) is 13.2. The van der Waals surface area contributed by atoms with Crippen LogP contribution in [-0.2, 0) is 17.8 Å². The minimum Gasteiger partial charge on any atom is -0.396 e. The maximum Gasteiger partial charge on any atom is 0.228 e. The van der Waals surface area contributed by atoms with Crippen LogP contribution in [0.25, 0.3) is 0 Å². The summed E-state index contributed by atoms with van der Waals surface area (Å²) in [5.74, 6) is 0.0655. The summed E-state index contributed by atoms with van der Waals surface area (Å²) in [4.78, 5) is 11.3. The van der Waals surface area contributed by atoms with Gasteiger partial charge in [-0.1, -0.05) is 12.1 Å². The van der Waals surface area contributed by atoms with Crippen LogP contribution < -0.4 is 10.6 Å². The largest absolute Gasteiger partial charge is 0.396 e. The summed E-state index contributed by atoms with van der Waals surface area (Å²) in [7, 11) is 0. The number of benzene rings is 1. The average molecular weight is 248 g/mol. The number of aliphatic hydroxyl groups excluding tert-OH is 1. The molecule has 1 aliphatic heterocycles. The second kappa shape index (κ2) is 5.08. The lowest BCUT2D eigenvalue weighted by molar-refractivity contribution is -0.115. The standard InChI is InChI=1S/C14H20N2O2/c1-14(2,5-6-17)15-9-10-3-4-12-11(7-10)8-13(18)16-12/h3-4,7,15,17H,5-6,8-9H2,1-2H3,(H,16,18). The van der Waals surface area contributed by atoms with Crippen molar-refractivity contribution in [3.63, 3.8) is 0 Å². The van der Waals surface area contributed by atoms with E-state index in [2.05, 4.69) is 30.5 Å². The van der Waals surface area contributed by atoms with Crippen LogP contribution in [0.1, 0.15) is 31.4 Å². The Morgan fingerprint density at radius 2 is 2.22 bits per heavy atom. The molecule has 0 atom stereocenters. The predicted molar refractivity (Wildman–Crippen MR) is 71.4 cm³/mol. The van der Waals surface area contributed by atoms with Gasteiger partial charge in [0.15, 0.2) is 0 Å². The summed E-state index contributed by atoms with van der Waals surface area (Å²) in [5.41, 5.74) is 3.08. The van der Waals surface area contributed by atoms with E-state index < -0.39 is 0 Å². The Hall–Kier alpha value is -1.39. The SMILES string of the molecule is CC(C)(CCO)NCc1ccc2c(c1)CC(=O)N2. The molecule has 98 valence electrons. The fourth-order valence-electron chi connectivity index (χ4n) is 2.10. The smallest absolute Gasteiger partial charge is 0.228 e. The van der Waals surface area contributed by atoms with E-state index in [4.69, 9.17) is 5.11 Å². The number of hydrogen-bond donors (Lipinski definition) is 3. The molecule has 0 saturated carbocycles. The van der Waals surface area contributed by atoms with Gasteiger partial charge in [-0.05, 0) is 37.5 Å². The summed E-state index contributed by atoms with van der Waals surface area (Å²) in [5, 5.41) is 15.2. The number of carbonyl (C=O) groups excluding carboxylic acids is 1. The lowest BCUT2D eigenvalue weighted by Crippen LogP contribution is -2.39. The first-order valence-corrected chi connectivity index (χ1v) is 6.28. The first-order valence-electron chi connectivity index (χ1n) is 6.28. The zero-order valence-corrected chi connectivity index (χ0v) is 10.9. The van der Waals surface area contributed by atoms with Crippen molar-refractivity contribution in [1.82, 2.24) is 5.32 Å². The molecule has 0 fully saturated rings. The highest BCUT2D eigenvalue weighted by atomic mass is 16.3. The van der Waals surface area contributed by atoms with Crippen molar-refractivity contribution in [3.8, 4) is 0 Å². The van der Waals surface area contributed by atoms with Crippen molar-refractivity contribution < 1.29 is 9.90 Å². The van der Waals surface area contributed by atoms with Gasteiger partial charge in [-0.15, -0.1) is 0 Å². The fourth-order valence-corrected chi connectivity index (χ4v) is 2.10. The van der Waals surface area contributed by atoms with Gasteiger partial charge in [0.1, 0.15) is 0 Å². The predicted octanol–water partition coefficient (Wildman–Crippen LogP) is 1.43. The van der Waals surface area contributed by atoms with Gasteiger partial charge in [0.2, 0.25) is 5.91 Å². The molecule has 3 N–H and O–H groups in total. The van der Waals surface area contributed by atoms with Crippen molar-refractivity contribution in [3.05, 3.63) is 29.3 Å². The Morgan fingerprint density at radius 3 is 2.94 bits per heavy atom. The van der Waals surface area contributed by atoms with Gasteiger partial charge in [-0.25, -0.2) is 0 Å². The maximum atomic E-state index is 11.3. The van der Waals surface area contributed by atoms with Gasteiger partial charge in [0, 0.05) is 24.4 Å². The van der Waals surface area contributed by atoms with Crippen molar-refractivity contribution >= 4 is 11.6 Å². The molecule has 4 heteroatoms. The summed E-state index contributed by atoms with van der Waals surface area (Å²) in [6.07, 6.45) is 1.20. The van der Waals surface area contributed by atoms with Crippen LogP contribution in [0, 0.1) is 0 Å². The van der Waals surface area contributed by atoms with Crippen LogP contribution in [-0.4, -0.2) is 23.2 Å². The molecule has 0 saturated heterocycles. The van der Waals surface area contributed by atoms with E-state index in [0.717, 1.165) is 29.8 Å². The molecule has 1 aromatic carbocycles. The van der Waals surface area contributed by atoms with E-state index in [0.29, 0.717) is 6.42 Å². The fraction of sp³-hybridized carbons (Fsp3) is 0.500. The molecule has 1 aromatic rings. The van der Waals surface area contributed by atoms with Gasteiger partial charge in [-0.3, -0.25) is 4.79 Å². The second-order valence-electron chi connectivity index (χ2n) is 5.43. The minimum absolute atomic E-state index is 0.0655. The number of anilines is 1. The molecular formula is C14H20N2O2. The van der Waals surface area contributed by atoms with Crippen molar-refractivity contribution in [1.29, 1.82) is 0 Å². The van der Waals surface area contributed by atoms with Crippen LogP contribution >= 0.6 is 0 Å². The molecule has 0 aliphatic carbocycles. The second-order valence-corrected chi connectivity index (χ2v) is 5.43. The summed E-state index contributed by atoms with van der Waals surface area (Å²) < 4.78 is 0. The van der Waals surface area contributed by atoms with Crippen molar-refractivity contribution in [2.75, 3.05) is 11.9 Å². The number of hydrogen-bond acceptors (Lipinski definition) is 3.